The monoisotopic (exact) mass is 429 g/mol. The standard InChI is InChI=1S/C22H24FN3O3S/c1-3-25-21(28)19(14-20(27)24-16-8-10-17(29-2)11-9-16)26(22(25)30)13-12-15-6-4-5-7-18(15)23/h4-11,19H,3,12-14H2,1-2H3,(H,24,27)/t19-/m0/s1. The molecular formula is C22H24FN3O3S. The van der Waals surface area contributed by atoms with Crippen molar-refractivity contribution in [3.8, 4) is 5.75 Å². The van der Waals surface area contributed by atoms with Crippen LogP contribution in [0.2, 0.25) is 0 Å². The summed E-state index contributed by atoms with van der Waals surface area (Å²) < 4.78 is 19.1. The van der Waals surface area contributed by atoms with E-state index in [1.54, 1.807) is 54.5 Å². The summed E-state index contributed by atoms with van der Waals surface area (Å²) in [7, 11) is 1.57. The summed E-state index contributed by atoms with van der Waals surface area (Å²) in [6.45, 7) is 2.60. The molecule has 0 spiro atoms. The maximum atomic E-state index is 14.0. The molecule has 2 amide bonds. The molecule has 1 N–H and O–H groups in total. The first-order valence-electron chi connectivity index (χ1n) is 9.74. The van der Waals surface area contributed by atoms with Crippen LogP contribution in [0.3, 0.4) is 0 Å². The summed E-state index contributed by atoms with van der Waals surface area (Å²) >= 11 is 5.47. The average molecular weight is 430 g/mol. The van der Waals surface area contributed by atoms with Crippen LogP contribution in [0.25, 0.3) is 0 Å². The van der Waals surface area contributed by atoms with Gasteiger partial charge >= 0.3 is 0 Å². The van der Waals surface area contributed by atoms with Gasteiger partial charge < -0.3 is 15.0 Å². The second-order valence-corrected chi connectivity index (χ2v) is 7.26. The molecule has 3 rings (SSSR count). The Hall–Kier alpha value is -3.00. The van der Waals surface area contributed by atoms with Gasteiger partial charge in [-0.05, 0) is 61.5 Å². The van der Waals surface area contributed by atoms with E-state index in [0.29, 0.717) is 41.6 Å². The first kappa shape index (κ1) is 21.7. The quantitative estimate of drug-likeness (QED) is 0.653. The molecular weight excluding hydrogens is 405 g/mol. The number of nitrogens with zero attached hydrogens (tertiary/aromatic N) is 2. The minimum absolute atomic E-state index is 0.0429. The Balaban J connectivity index is 1.70. The maximum absolute atomic E-state index is 14.0. The molecule has 0 saturated carbocycles. The average Bonchev–Trinajstić information content (AvgIpc) is 2.96. The Morgan fingerprint density at radius 2 is 1.90 bits per heavy atom. The molecule has 1 aliphatic heterocycles. The molecule has 0 bridgehead atoms. The van der Waals surface area contributed by atoms with E-state index in [2.05, 4.69) is 5.32 Å². The minimum Gasteiger partial charge on any atom is -0.497 e. The molecule has 2 aromatic rings. The molecule has 8 heteroatoms. The Morgan fingerprint density at radius 3 is 2.53 bits per heavy atom. The third kappa shape index (κ3) is 4.76. The second kappa shape index (κ2) is 9.67. The normalized spacial score (nSPS) is 16.2. The molecule has 1 fully saturated rings. The molecule has 30 heavy (non-hydrogen) atoms. The van der Waals surface area contributed by atoms with Crippen molar-refractivity contribution in [1.29, 1.82) is 0 Å². The third-order valence-electron chi connectivity index (χ3n) is 5.05. The van der Waals surface area contributed by atoms with Crippen LogP contribution in [-0.2, 0) is 16.0 Å². The number of methoxy groups -OCH3 is 1. The molecule has 6 nitrogen and oxygen atoms in total. The molecule has 0 aliphatic carbocycles. The molecule has 1 heterocycles. The summed E-state index contributed by atoms with van der Waals surface area (Å²) in [6.07, 6.45) is 0.340. The first-order valence-corrected chi connectivity index (χ1v) is 10.1. The lowest BCUT2D eigenvalue weighted by atomic mass is 10.1. The fourth-order valence-corrected chi connectivity index (χ4v) is 3.88. The summed E-state index contributed by atoms with van der Waals surface area (Å²) in [5.74, 6) is -0.117. The van der Waals surface area contributed by atoms with Gasteiger partial charge in [0.1, 0.15) is 17.6 Å². The van der Waals surface area contributed by atoms with Gasteiger partial charge in [0.15, 0.2) is 5.11 Å². The summed E-state index contributed by atoms with van der Waals surface area (Å²) in [4.78, 5) is 28.6. The van der Waals surface area contributed by atoms with Gasteiger partial charge in [-0.1, -0.05) is 18.2 Å². The molecule has 1 atom stereocenters. The number of ether oxygens (including phenoxy) is 1. The second-order valence-electron chi connectivity index (χ2n) is 6.90. The lowest BCUT2D eigenvalue weighted by Crippen LogP contribution is -2.39. The van der Waals surface area contributed by atoms with Crippen LogP contribution in [0.1, 0.15) is 18.9 Å². The largest absolute Gasteiger partial charge is 0.497 e. The van der Waals surface area contributed by atoms with Gasteiger partial charge in [-0.2, -0.15) is 0 Å². The lowest BCUT2D eigenvalue weighted by molar-refractivity contribution is -0.130. The summed E-state index contributed by atoms with van der Waals surface area (Å²) in [6, 6.07) is 12.7. The minimum atomic E-state index is -0.706. The van der Waals surface area contributed by atoms with E-state index in [4.69, 9.17) is 17.0 Å². The number of benzene rings is 2. The van der Waals surface area contributed by atoms with Gasteiger partial charge in [-0.3, -0.25) is 14.5 Å². The van der Waals surface area contributed by atoms with Crippen molar-refractivity contribution in [2.45, 2.75) is 25.8 Å². The van der Waals surface area contributed by atoms with Crippen molar-refractivity contribution in [3.05, 3.63) is 59.9 Å². The number of thiocarbonyl (C=S) groups is 1. The number of carbonyl (C=O) groups excluding carboxylic acids is 2. The number of halogens is 1. The van der Waals surface area contributed by atoms with E-state index < -0.39 is 6.04 Å². The number of hydrogen-bond acceptors (Lipinski definition) is 4. The van der Waals surface area contributed by atoms with Crippen molar-refractivity contribution in [1.82, 2.24) is 9.80 Å². The van der Waals surface area contributed by atoms with E-state index in [0.717, 1.165) is 0 Å². The van der Waals surface area contributed by atoms with Crippen LogP contribution >= 0.6 is 12.2 Å². The molecule has 1 saturated heterocycles. The van der Waals surface area contributed by atoms with E-state index in [-0.39, 0.29) is 24.1 Å². The van der Waals surface area contributed by atoms with E-state index in [1.807, 2.05) is 6.92 Å². The van der Waals surface area contributed by atoms with Gasteiger partial charge in [0.05, 0.1) is 13.5 Å². The van der Waals surface area contributed by atoms with Crippen LogP contribution in [0, 0.1) is 5.82 Å². The van der Waals surface area contributed by atoms with Crippen molar-refractivity contribution in [3.63, 3.8) is 0 Å². The Bertz CT molecular complexity index is 935. The molecule has 1 aliphatic rings. The number of amides is 2. The Morgan fingerprint density at radius 1 is 1.20 bits per heavy atom. The predicted octanol–water partition coefficient (Wildman–Crippen LogP) is 3.22. The number of likely N-dealkylation sites (N-methyl/N-ethyl adjacent to an activating group) is 1. The van der Waals surface area contributed by atoms with Gasteiger partial charge in [-0.15, -0.1) is 0 Å². The van der Waals surface area contributed by atoms with E-state index in [1.165, 1.54) is 11.0 Å². The highest BCUT2D eigenvalue weighted by Crippen LogP contribution is 2.23. The Kier molecular flexibility index (Phi) is 6.99. The number of hydrogen-bond donors (Lipinski definition) is 1. The van der Waals surface area contributed by atoms with Crippen LogP contribution in [0.4, 0.5) is 10.1 Å². The summed E-state index contributed by atoms with van der Waals surface area (Å²) in [5.41, 5.74) is 1.16. The van der Waals surface area contributed by atoms with Crippen molar-refractivity contribution < 1.29 is 18.7 Å². The third-order valence-corrected chi connectivity index (χ3v) is 5.51. The van der Waals surface area contributed by atoms with Crippen molar-refractivity contribution in [2.24, 2.45) is 0 Å². The zero-order chi connectivity index (χ0) is 21.7. The number of rotatable bonds is 8. The van der Waals surface area contributed by atoms with E-state index in [9.17, 15) is 14.0 Å². The van der Waals surface area contributed by atoms with Crippen LogP contribution in [0.5, 0.6) is 5.75 Å². The van der Waals surface area contributed by atoms with Gasteiger partial charge in [-0.25, -0.2) is 4.39 Å². The maximum Gasteiger partial charge on any atom is 0.252 e. The zero-order valence-corrected chi connectivity index (χ0v) is 17.7. The van der Waals surface area contributed by atoms with Gasteiger partial charge in [0, 0.05) is 18.8 Å². The van der Waals surface area contributed by atoms with Crippen molar-refractivity contribution in [2.75, 3.05) is 25.5 Å². The molecule has 0 radical (unpaired) electrons. The van der Waals surface area contributed by atoms with Gasteiger partial charge in [0.25, 0.3) is 5.91 Å². The first-order chi connectivity index (χ1) is 14.4. The highest BCUT2D eigenvalue weighted by atomic mass is 32.1. The highest BCUT2D eigenvalue weighted by Gasteiger charge is 2.42. The van der Waals surface area contributed by atoms with E-state index >= 15 is 0 Å². The zero-order valence-electron chi connectivity index (χ0n) is 16.9. The van der Waals surface area contributed by atoms with Gasteiger partial charge in [0.2, 0.25) is 5.91 Å². The number of nitrogens with one attached hydrogen (secondary N) is 1. The number of anilines is 1. The van der Waals surface area contributed by atoms with Crippen LogP contribution < -0.4 is 10.1 Å². The molecule has 0 unspecified atom stereocenters. The summed E-state index contributed by atoms with van der Waals surface area (Å²) in [5, 5.41) is 3.17. The Labute approximate surface area is 180 Å². The highest BCUT2D eigenvalue weighted by molar-refractivity contribution is 7.80. The predicted molar refractivity (Wildman–Crippen MR) is 117 cm³/mol. The smallest absolute Gasteiger partial charge is 0.252 e. The lowest BCUT2D eigenvalue weighted by Gasteiger charge is -2.24. The molecule has 2 aromatic carbocycles. The number of carbonyl (C=O) groups is 2. The molecule has 158 valence electrons. The SMILES string of the molecule is CCN1C(=O)[C@H](CC(=O)Nc2ccc(OC)cc2)N(CCc2ccccc2F)C1=S. The fourth-order valence-electron chi connectivity index (χ4n) is 3.44. The van der Waals surface area contributed by atoms with Crippen LogP contribution in [0.15, 0.2) is 48.5 Å². The van der Waals surface area contributed by atoms with Crippen LogP contribution in [-0.4, -0.2) is 53.0 Å². The van der Waals surface area contributed by atoms with Crippen molar-refractivity contribution >= 4 is 34.8 Å². The topological polar surface area (TPSA) is 61.9 Å². The molecule has 0 aromatic heterocycles. The fraction of sp³-hybridized carbons (Fsp3) is 0.318.